The summed E-state index contributed by atoms with van der Waals surface area (Å²) in [7, 11) is -1.14. The Morgan fingerprint density at radius 2 is 1.69 bits per heavy atom. The maximum Gasteiger partial charge on any atom is 0.343 e. The summed E-state index contributed by atoms with van der Waals surface area (Å²) in [6.07, 6.45) is 0. The molecule has 3 rings (SSSR count). The molecular weight excluding hydrogens is 354 g/mol. The highest BCUT2D eigenvalue weighted by atomic mass is 32.2. The standard InChI is InChI=1S/C19H17NO5S/c1-20-26(22,23)18-12-14(10-11-17(18)24-2)19(21)25-16-9-5-7-13-6-3-4-8-15(13)16/h3-12,20H,1-2H3. The summed E-state index contributed by atoms with van der Waals surface area (Å²) >= 11 is 0. The van der Waals surface area contributed by atoms with Crippen molar-refractivity contribution in [3.05, 3.63) is 66.2 Å². The second kappa shape index (κ2) is 7.15. The van der Waals surface area contributed by atoms with E-state index in [0.29, 0.717) is 5.75 Å². The molecule has 0 aliphatic heterocycles. The molecule has 0 saturated carbocycles. The molecule has 1 N–H and O–H groups in total. The Morgan fingerprint density at radius 3 is 2.42 bits per heavy atom. The van der Waals surface area contributed by atoms with Gasteiger partial charge in [-0.25, -0.2) is 17.9 Å². The number of sulfonamides is 1. The molecule has 3 aromatic carbocycles. The van der Waals surface area contributed by atoms with Crippen LogP contribution < -0.4 is 14.2 Å². The van der Waals surface area contributed by atoms with Crippen LogP contribution in [-0.4, -0.2) is 28.5 Å². The average molecular weight is 371 g/mol. The van der Waals surface area contributed by atoms with E-state index in [1.807, 2.05) is 30.3 Å². The molecule has 0 saturated heterocycles. The summed E-state index contributed by atoms with van der Waals surface area (Å²) < 4.78 is 37.1. The number of nitrogens with one attached hydrogen (secondary N) is 1. The first-order chi connectivity index (χ1) is 12.5. The van der Waals surface area contributed by atoms with Crippen molar-refractivity contribution < 1.29 is 22.7 Å². The Bertz CT molecular complexity index is 1070. The number of hydrogen-bond acceptors (Lipinski definition) is 5. The number of carbonyl (C=O) groups is 1. The number of carbonyl (C=O) groups excluding carboxylic acids is 1. The van der Waals surface area contributed by atoms with Crippen LogP contribution in [-0.2, 0) is 10.0 Å². The van der Waals surface area contributed by atoms with E-state index in [1.165, 1.54) is 32.4 Å². The van der Waals surface area contributed by atoms with Crippen LogP contribution in [0.15, 0.2) is 65.6 Å². The van der Waals surface area contributed by atoms with Crippen LogP contribution in [0.2, 0.25) is 0 Å². The largest absolute Gasteiger partial charge is 0.495 e. The zero-order valence-electron chi connectivity index (χ0n) is 14.2. The molecule has 0 bridgehead atoms. The van der Waals surface area contributed by atoms with Crippen molar-refractivity contribution >= 4 is 26.8 Å². The second-order valence-corrected chi connectivity index (χ2v) is 7.29. The van der Waals surface area contributed by atoms with Crippen LogP contribution in [0.25, 0.3) is 10.8 Å². The molecule has 7 heteroatoms. The van der Waals surface area contributed by atoms with Crippen LogP contribution in [0.1, 0.15) is 10.4 Å². The molecule has 0 radical (unpaired) electrons. The number of methoxy groups -OCH3 is 1. The van der Waals surface area contributed by atoms with Gasteiger partial charge in [0.2, 0.25) is 10.0 Å². The van der Waals surface area contributed by atoms with Crippen molar-refractivity contribution in [3.63, 3.8) is 0 Å². The predicted molar refractivity (Wildman–Crippen MR) is 98.1 cm³/mol. The number of rotatable bonds is 5. The third-order valence-electron chi connectivity index (χ3n) is 3.91. The molecule has 0 fully saturated rings. The smallest absolute Gasteiger partial charge is 0.343 e. The number of hydrogen-bond donors (Lipinski definition) is 1. The Morgan fingerprint density at radius 1 is 0.962 bits per heavy atom. The van der Waals surface area contributed by atoms with Gasteiger partial charge in [0, 0.05) is 5.39 Å². The van der Waals surface area contributed by atoms with Crippen LogP contribution in [0.5, 0.6) is 11.5 Å². The van der Waals surface area contributed by atoms with Gasteiger partial charge in [-0.15, -0.1) is 0 Å². The minimum Gasteiger partial charge on any atom is -0.495 e. The fourth-order valence-corrected chi connectivity index (χ4v) is 3.49. The summed E-state index contributed by atoms with van der Waals surface area (Å²) in [5.41, 5.74) is 0.104. The highest BCUT2D eigenvalue weighted by Crippen LogP contribution is 2.28. The molecule has 134 valence electrons. The van der Waals surface area contributed by atoms with Crippen molar-refractivity contribution in [1.82, 2.24) is 4.72 Å². The first-order valence-electron chi connectivity index (χ1n) is 7.78. The topological polar surface area (TPSA) is 81.7 Å². The Kier molecular flexibility index (Phi) is 4.92. The fraction of sp³-hybridized carbons (Fsp3) is 0.105. The van der Waals surface area contributed by atoms with Crippen molar-refractivity contribution in [2.75, 3.05) is 14.2 Å². The summed E-state index contributed by atoms with van der Waals surface area (Å²) in [5, 5.41) is 1.73. The van der Waals surface area contributed by atoms with Gasteiger partial charge in [0.25, 0.3) is 0 Å². The molecule has 0 heterocycles. The normalized spacial score (nSPS) is 11.3. The lowest BCUT2D eigenvalue weighted by Gasteiger charge is -2.11. The Hall–Kier alpha value is -2.90. The van der Waals surface area contributed by atoms with Gasteiger partial charge >= 0.3 is 5.97 Å². The average Bonchev–Trinajstić information content (AvgIpc) is 2.67. The lowest BCUT2D eigenvalue weighted by molar-refractivity contribution is 0.0737. The van der Waals surface area contributed by atoms with E-state index in [1.54, 1.807) is 12.1 Å². The van der Waals surface area contributed by atoms with Gasteiger partial charge in [-0.1, -0.05) is 36.4 Å². The molecule has 0 unspecified atom stereocenters. The van der Waals surface area contributed by atoms with Gasteiger partial charge in [-0.3, -0.25) is 0 Å². The van der Waals surface area contributed by atoms with Crippen molar-refractivity contribution in [1.29, 1.82) is 0 Å². The number of benzene rings is 3. The quantitative estimate of drug-likeness (QED) is 0.551. The molecule has 6 nitrogen and oxygen atoms in total. The van der Waals surface area contributed by atoms with Gasteiger partial charge < -0.3 is 9.47 Å². The van der Waals surface area contributed by atoms with Crippen LogP contribution in [0, 0.1) is 0 Å². The summed E-state index contributed by atoms with van der Waals surface area (Å²) in [6.45, 7) is 0. The second-order valence-electron chi connectivity index (χ2n) is 5.44. The monoisotopic (exact) mass is 371 g/mol. The van der Waals surface area contributed by atoms with Crippen LogP contribution in [0.3, 0.4) is 0 Å². The highest BCUT2D eigenvalue weighted by Gasteiger charge is 2.21. The van der Waals surface area contributed by atoms with E-state index in [0.717, 1.165) is 10.8 Å². The maximum absolute atomic E-state index is 12.5. The predicted octanol–water partition coefficient (Wildman–Crippen LogP) is 2.98. The van der Waals surface area contributed by atoms with E-state index >= 15 is 0 Å². The zero-order chi connectivity index (χ0) is 18.7. The molecule has 0 aliphatic rings. The van der Waals surface area contributed by atoms with E-state index in [-0.39, 0.29) is 16.2 Å². The molecule has 0 spiro atoms. The van der Waals surface area contributed by atoms with Crippen molar-refractivity contribution in [2.45, 2.75) is 4.90 Å². The van der Waals surface area contributed by atoms with Crippen molar-refractivity contribution in [2.24, 2.45) is 0 Å². The molecular formula is C19H17NO5S. The van der Waals surface area contributed by atoms with Crippen LogP contribution in [0.4, 0.5) is 0 Å². The number of ether oxygens (including phenoxy) is 2. The lowest BCUT2D eigenvalue weighted by atomic mass is 10.1. The zero-order valence-corrected chi connectivity index (χ0v) is 15.0. The van der Waals surface area contributed by atoms with E-state index in [2.05, 4.69) is 4.72 Å². The first kappa shape index (κ1) is 17.9. The maximum atomic E-state index is 12.5. The highest BCUT2D eigenvalue weighted by molar-refractivity contribution is 7.89. The third-order valence-corrected chi connectivity index (χ3v) is 5.35. The minimum atomic E-state index is -3.79. The number of fused-ring (bicyclic) bond motifs is 1. The Labute approximate surface area is 151 Å². The molecule has 0 atom stereocenters. The molecule has 0 aromatic heterocycles. The lowest BCUT2D eigenvalue weighted by Crippen LogP contribution is -2.20. The van der Waals surface area contributed by atoms with Crippen molar-refractivity contribution in [3.8, 4) is 11.5 Å². The third kappa shape index (κ3) is 3.40. The first-order valence-corrected chi connectivity index (χ1v) is 9.26. The molecule has 0 aliphatic carbocycles. The van der Waals surface area contributed by atoms with E-state index < -0.39 is 16.0 Å². The molecule has 26 heavy (non-hydrogen) atoms. The van der Waals surface area contributed by atoms with Crippen LogP contribution >= 0.6 is 0 Å². The van der Waals surface area contributed by atoms with Gasteiger partial charge in [0.05, 0.1) is 12.7 Å². The minimum absolute atomic E-state index is 0.104. The van der Waals surface area contributed by atoms with E-state index in [9.17, 15) is 13.2 Å². The molecule has 0 amide bonds. The Balaban J connectivity index is 1.99. The summed E-state index contributed by atoms with van der Waals surface area (Å²) in [4.78, 5) is 12.4. The fourth-order valence-electron chi connectivity index (χ4n) is 2.57. The van der Waals surface area contributed by atoms with Gasteiger partial charge in [0.1, 0.15) is 16.4 Å². The molecule has 3 aromatic rings. The van der Waals surface area contributed by atoms with Gasteiger partial charge in [0.15, 0.2) is 0 Å². The SMILES string of the molecule is CNS(=O)(=O)c1cc(C(=O)Oc2cccc3ccccc23)ccc1OC. The van der Waals surface area contributed by atoms with Gasteiger partial charge in [-0.05, 0) is 36.7 Å². The number of esters is 1. The summed E-state index contributed by atoms with van der Waals surface area (Å²) in [5.74, 6) is -0.112. The van der Waals surface area contributed by atoms with E-state index in [4.69, 9.17) is 9.47 Å². The van der Waals surface area contributed by atoms with Gasteiger partial charge in [-0.2, -0.15) is 0 Å². The summed E-state index contributed by atoms with van der Waals surface area (Å²) in [6, 6.07) is 17.0.